The van der Waals surface area contributed by atoms with Crippen molar-refractivity contribution in [3.63, 3.8) is 0 Å². The minimum Gasteiger partial charge on any atom is -0.481 e. The predicted octanol–water partition coefficient (Wildman–Crippen LogP) is 4.80. The number of amides is 2. The second-order valence-corrected chi connectivity index (χ2v) is 8.84. The molecule has 0 saturated carbocycles. The number of hydrogen-bond donors (Lipinski definition) is 4. The Bertz CT molecular complexity index is 553. The lowest BCUT2D eigenvalue weighted by Crippen LogP contribution is -2.41. The van der Waals surface area contributed by atoms with Crippen molar-refractivity contribution in [2.24, 2.45) is 0 Å². The largest absolute Gasteiger partial charge is 0.481 e. The Morgan fingerprint density at radius 3 is 1.52 bits per heavy atom. The van der Waals surface area contributed by atoms with Gasteiger partial charge >= 0.3 is 11.9 Å². The van der Waals surface area contributed by atoms with Crippen LogP contribution in [0.5, 0.6) is 0 Å². The quantitative estimate of drug-likeness (QED) is 0.159. The number of hydrogen-bond acceptors (Lipinski definition) is 4. The molecule has 0 bridgehead atoms. The van der Waals surface area contributed by atoms with Gasteiger partial charge in [-0.3, -0.25) is 14.4 Å². The highest BCUT2D eigenvalue weighted by Gasteiger charge is 2.20. The number of carbonyl (C=O) groups is 4. The minimum absolute atomic E-state index is 0.104. The van der Waals surface area contributed by atoms with Gasteiger partial charge in [-0.15, -0.1) is 0 Å². The van der Waals surface area contributed by atoms with E-state index in [1.54, 1.807) is 0 Å². The fourth-order valence-electron chi connectivity index (χ4n) is 3.62. The number of nitrogens with one attached hydrogen (secondary N) is 2. The van der Waals surface area contributed by atoms with Gasteiger partial charge in [0, 0.05) is 25.8 Å². The molecular weight excluding hydrogens is 424 g/mol. The molecule has 0 aromatic heterocycles. The van der Waals surface area contributed by atoms with Gasteiger partial charge in [0.25, 0.3) is 0 Å². The van der Waals surface area contributed by atoms with Crippen LogP contribution in [-0.2, 0) is 19.2 Å². The molecule has 4 N–H and O–H groups in total. The van der Waals surface area contributed by atoms with Crippen molar-refractivity contribution in [1.29, 1.82) is 0 Å². The number of unbranched alkanes of at least 4 members (excludes halogenated alkanes) is 12. The summed E-state index contributed by atoms with van der Waals surface area (Å²) in [4.78, 5) is 45.1. The molecule has 192 valence electrons. The molecule has 2 amide bonds. The van der Waals surface area contributed by atoms with Crippen molar-refractivity contribution >= 4 is 23.8 Å². The molecule has 33 heavy (non-hydrogen) atoms. The van der Waals surface area contributed by atoms with E-state index in [0.717, 1.165) is 51.5 Å². The van der Waals surface area contributed by atoms with Crippen LogP contribution in [0.2, 0.25) is 0 Å². The van der Waals surface area contributed by atoms with Gasteiger partial charge in [0.15, 0.2) is 0 Å². The van der Waals surface area contributed by atoms with Crippen molar-refractivity contribution in [1.82, 2.24) is 10.6 Å². The van der Waals surface area contributed by atoms with Crippen LogP contribution < -0.4 is 10.6 Å². The van der Waals surface area contributed by atoms with Crippen LogP contribution in [0.3, 0.4) is 0 Å². The maximum absolute atomic E-state index is 11.8. The summed E-state index contributed by atoms with van der Waals surface area (Å²) in [6, 6.07) is -1.14. The van der Waals surface area contributed by atoms with Gasteiger partial charge in [-0.1, -0.05) is 77.6 Å². The summed E-state index contributed by atoms with van der Waals surface area (Å²) >= 11 is 0. The average molecular weight is 471 g/mol. The highest BCUT2D eigenvalue weighted by Crippen LogP contribution is 2.13. The molecule has 0 heterocycles. The van der Waals surface area contributed by atoms with Gasteiger partial charge in [0.1, 0.15) is 6.04 Å². The fraction of sp³-hybridized carbons (Fsp3) is 0.840. The maximum Gasteiger partial charge on any atom is 0.326 e. The second kappa shape index (κ2) is 21.7. The minimum atomic E-state index is -1.20. The fourth-order valence-corrected chi connectivity index (χ4v) is 3.62. The molecule has 0 aliphatic heterocycles. The zero-order valence-electron chi connectivity index (χ0n) is 20.5. The normalized spacial score (nSPS) is 11.7. The number of carboxylic acid groups (broad SMARTS) is 2. The number of carboxylic acids is 2. The van der Waals surface area contributed by atoms with Crippen LogP contribution in [-0.4, -0.2) is 46.6 Å². The number of aliphatic carboxylic acids is 2. The highest BCUT2D eigenvalue weighted by atomic mass is 16.4. The van der Waals surface area contributed by atoms with Gasteiger partial charge in [0.2, 0.25) is 11.8 Å². The summed E-state index contributed by atoms with van der Waals surface area (Å²) in [5.41, 5.74) is 0. The molecule has 0 aliphatic rings. The first kappa shape index (κ1) is 30.9. The zero-order chi connectivity index (χ0) is 24.7. The monoisotopic (exact) mass is 470 g/mol. The summed E-state index contributed by atoms with van der Waals surface area (Å²) < 4.78 is 0. The lowest BCUT2D eigenvalue weighted by atomic mass is 10.0. The van der Waals surface area contributed by atoms with E-state index in [-0.39, 0.29) is 31.1 Å². The predicted molar refractivity (Wildman–Crippen MR) is 129 cm³/mol. The Balaban J connectivity index is 3.45. The number of carbonyl (C=O) groups excluding carboxylic acids is 2. The van der Waals surface area contributed by atoms with Crippen LogP contribution in [0, 0.1) is 0 Å². The van der Waals surface area contributed by atoms with E-state index in [4.69, 9.17) is 10.2 Å². The summed E-state index contributed by atoms with van der Waals surface area (Å²) in [6.07, 6.45) is 16.0. The van der Waals surface area contributed by atoms with Gasteiger partial charge < -0.3 is 20.8 Å². The van der Waals surface area contributed by atoms with E-state index in [1.165, 1.54) is 38.5 Å². The van der Waals surface area contributed by atoms with Crippen molar-refractivity contribution in [3.05, 3.63) is 0 Å². The zero-order valence-corrected chi connectivity index (χ0v) is 20.5. The van der Waals surface area contributed by atoms with Crippen molar-refractivity contribution < 1.29 is 29.4 Å². The number of rotatable bonds is 23. The molecule has 0 spiro atoms. The van der Waals surface area contributed by atoms with Crippen LogP contribution in [0.15, 0.2) is 0 Å². The molecule has 0 saturated heterocycles. The lowest BCUT2D eigenvalue weighted by molar-refractivity contribution is -0.143. The highest BCUT2D eigenvalue weighted by molar-refractivity contribution is 5.83. The smallest absolute Gasteiger partial charge is 0.326 e. The molecule has 8 heteroatoms. The van der Waals surface area contributed by atoms with E-state index in [9.17, 15) is 19.2 Å². The maximum atomic E-state index is 11.8. The molecule has 0 rings (SSSR count). The Hall–Kier alpha value is -2.12. The summed E-state index contributed by atoms with van der Waals surface area (Å²) in [5, 5.41) is 23.1. The third-order valence-corrected chi connectivity index (χ3v) is 5.69. The first-order valence-electron chi connectivity index (χ1n) is 12.9. The Morgan fingerprint density at radius 1 is 0.636 bits per heavy atom. The van der Waals surface area contributed by atoms with Crippen LogP contribution in [0.25, 0.3) is 0 Å². The van der Waals surface area contributed by atoms with Crippen LogP contribution >= 0.6 is 0 Å². The van der Waals surface area contributed by atoms with Gasteiger partial charge in [-0.2, -0.15) is 0 Å². The molecule has 0 radical (unpaired) electrons. The van der Waals surface area contributed by atoms with Crippen molar-refractivity contribution in [2.45, 2.75) is 129 Å². The van der Waals surface area contributed by atoms with Gasteiger partial charge in [0.05, 0.1) is 0 Å². The molecule has 0 fully saturated rings. The SMILES string of the molecule is CCCCNC(=O)CCCCCCCCCCCCCCC(=O)NC(CCC(=O)O)C(=O)O. The van der Waals surface area contributed by atoms with Gasteiger partial charge in [-0.25, -0.2) is 4.79 Å². The van der Waals surface area contributed by atoms with Gasteiger partial charge in [-0.05, 0) is 25.7 Å². The average Bonchev–Trinajstić information content (AvgIpc) is 2.76. The molecule has 1 unspecified atom stereocenters. The topological polar surface area (TPSA) is 133 Å². The van der Waals surface area contributed by atoms with E-state index in [0.29, 0.717) is 12.8 Å². The Morgan fingerprint density at radius 2 is 1.09 bits per heavy atom. The lowest BCUT2D eigenvalue weighted by Gasteiger charge is -2.13. The van der Waals surface area contributed by atoms with Crippen molar-refractivity contribution in [2.75, 3.05) is 6.54 Å². The third kappa shape index (κ3) is 21.5. The molecule has 1 atom stereocenters. The standard InChI is InChI=1S/C25H46N2O6/c1-2-3-20-26-22(28)16-14-12-10-8-6-4-5-7-9-11-13-15-17-23(29)27-21(25(32)33)18-19-24(30)31/h21H,2-20H2,1H3,(H,26,28)(H,27,29)(H,30,31)(H,32,33). The van der Waals surface area contributed by atoms with E-state index in [2.05, 4.69) is 17.6 Å². The summed E-state index contributed by atoms with van der Waals surface area (Å²) in [7, 11) is 0. The first-order chi connectivity index (χ1) is 15.9. The second-order valence-electron chi connectivity index (χ2n) is 8.84. The Labute approximate surface area is 199 Å². The van der Waals surface area contributed by atoms with E-state index >= 15 is 0 Å². The van der Waals surface area contributed by atoms with Crippen LogP contribution in [0.4, 0.5) is 0 Å². The molecule has 0 aromatic carbocycles. The van der Waals surface area contributed by atoms with E-state index in [1.807, 2.05) is 0 Å². The van der Waals surface area contributed by atoms with E-state index < -0.39 is 18.0 Å². The first-order valence-corrected chi connectivity index (χ1v) is 12.9. The summed E-state index contributed by atoms with van der Waals surface area (Å²) in [5.74, 6) is -2.42. The van der Waals surface area contributed by atoms with Crippen molar-refractivity contribution in [3.8, 4) is 0 Å². The molecule has 0 aliphatic carbocycles. The molecule has 0 aromatic rings. The third-order valence-electron chi connectivity index (χ3n) is 5.69. The Kier molecular flexibility index (Phi) is 20.3. The molecule has 8 nitrogen and oxygen atoms in total. The molecular formula is C25H46N2O6. The summed E-state index contributed by atoms with van der Waals surface area (Å²) in [6.45, 7) is 2.92. The van der Waals surface area contributed by atoms with Crippen LogP contribution in [0.1, 0.15) is 122 Å².